The average molecular weight is 398 g/mol. The lowest BCUT2D eigenvalue weighted by atomic mass is 10.1. The lowest BCUT2D eigenvalue weighted by Gasteiger charge is -2.06. The van der Waals surface area contributed by atoms with Crippen LogP contribution in [0.2, 0.25) is 0 Å². The number of ether oxygens (including phenoxy) is 1. The molecule has 0 radical (unpaired) electrons. The first-order valence-electron chi connectivity index (χ1n) is 11.7. The molecular formula is C25H39N3O. The summed E-state index contributed by atoms with van der Waals surface area (Å²) in [5, 5.41) is 0. The SMILES string of the molecule is CCCCCCCCOc1cnc(-c2ccc(CCCCCCCC)cn2)nc1. The first-order chi connectivity index (χ1) is 14.3. The summed E-state index contributed by atoms with van der Waals surface area (Å²) in [6.45, 7) is 5.24. The number of hydrogen-bond donors (Lipinski definition) is 0. The predicted octanol–water partition coefficient (Wildman–Crippen LogP) is 7.18. The van der Waals surface area contributed by atoms with E-state index in [0.29, 0.717) is 5.82 Å². The number of nitrogens with zero attached hydrogens (tertiary/aromatic N) is 3. The van der Waals surface area contributed by atoms with Gasteiger partial charge < -0.3 is 4.74 Å². The topological polar surface area (TPSA) is 47.9 Å². The summed E-state index contributed by atoms with van der Waals surface area (Å²) in [5.41, 5.74) is 2.11. The van der Waals surface area contributed by atoms with Crippen LogP contribution in [0.1, 0.15) is 96.5 Å². The number of rotatable bonds is 16. The van der Waals surface area contributed by atoms with Crippen molar-refractivity contribution in [3.8, 4) is 17.3 Å². The van der Waals surface area contributed by atoms with Crippen molar-refractivity contribution >= 4 is 0 Å². The van der Waals surface area contributed by atoms with E-state index in [1.807, 2.05) is 12.3 Å². The van der Waals surface area contributed by atoms with Gasteiger partial charge in [0, 0.05) is 6.20 Å². The molecule has 2 aromatic rings. The molecule has 2 rings (SSSR count). The molecule has 2 aromatic heterocycles. The lowest BCUT2D eigenvalue weighted by Crippen LogP contribution is -1.99. The number of hydrogen-bond acceptors (Lipinski definition) is 4. The maximum absolute atomic E-state index is 5.76. The molecule has 0 aromatic carbocycles. The third-order valence-corrected chi connectivity index (χ3v) is 5.27. The van der Waals surface area contributed by atoms with Crippen LogP contribution in [-0.4, -0.2) is 21.6 Å². The Balaban J connectivity index is 1.68. The van der Waals surface area contributed by atoms with Crippen molar-refractivity contribution in [2.75, 3.05) is 6.61 Å². The standard InChI is InChI=1S/C25H39N3O/c1-3-5-7-9-11-13-15-22-16-17-24(26-19-22)25-27-20-23(21-28-25)29-18-14-12-10-8-6-4-2/h16-17,19-21H,3-15,18H2,1-2H3. The quantitative estimate of drug-likeness (QED) is 0.281. The molecule has 0 atom stereocenters. The van der Waals surface area contributed by atoms with Gasteiger partial charge in [-0.2, -0.15) is 0 Å². The molecule has 0 aliphatic carbocycles. The van der Waals surface area contributed by atoms with Gasteiger partial charge in [0.25, 0.3) is 0 Å². The van der Waals surface area contributed by atoms with Crippen LogP contribution in [0.25, 0.3) is 11.5 Å². The Hall–Kier alpha value is -1.97. The summed E-state index contributed by atoms with van der Waals surface area (Å²) < 4.78 is 5.76. The maximum atomic E-state index is 5.76. The monoisotopic (exact) mass is 397 g/mol. The molecule has 4 heteroatoms. The highest BCUT2D eigenvalue weighted by Crippen LogP contribution is 2.16. The van der Waals surface area contributed by atoms with Gasteiger partial charge in [-0.15, -0.1) is 0 Å². The normalized spacial score (nSPS) is 11.0. The summed E-state index contributed by atoms with van der Waals surface area (Å²) in [6.07, 6.45) is 22.1. The van der Waals surface area contributed by atoms with Crippen molar-refractivity contribution in [3.05, 3.63) is 36.3 Å². The molecule has 4 nitrogen and oxygen atoms in total. The highest BCUT2D eigenvalue weighted by Gasteiger charge is 2.04. The van der Waals surface area contributed by atoms with Gasteiger partial charge in [-0.25, -0.2) is 9.97 Å². The van der Waals surface area contributed by atoms with Crippen LogP contribution in [0.3, 0.4) is 0 Å². The van der Waals surface area contributed by atoms with Crippen molar-refractivity contribution in [1.29, 1.82) is 0 Å². The van der Waals surface area contributed by atoms with Crippen molar-refractivity contribution in [1.82, 2.24) is 15.0 Å². The molecule has 160 valence electrons. The Bertz CT molecular complexity index is 640. The third kappa shape index (κ3) is 9.87. The van der Waals surface area contributed by atoms with Crippen LogP contribution < -0.4 is 4.74 Å². The summed E-state index contributed by atoms with van der Waals surface area (Å²) in [6, 6.07) is 4.18. The second-order valence-electron chi connectivity index (χ2n) is 7.93. The number of aromatic nitrogens is 3. The van der Waals surface area contributed by atoms with Gasteiger partial charge in [0.2, 0.25) is 0 Å². The molecule has 0 saturated carbocycles. The molecule has 29 heavy (non-hydrogen) atoms. The first kappa shape index (κ1) is 23.3. The first-order valence-corrected chi connectivity index (χ1v) is 11.7. The molecule has 0 N–H and O–H groups in total. The second-order valence-corrected chi connectivity index (χ2v) is 7.93. The third-order valence-electron chi connectivity index (χ3n) is 5.27. The van der Waals surface area contributed by atoms with Gasteiger partial charge in [0.05, 0.1) is 19.0 Å². The second kappa shape index (κ2) is 14.9. The Morgan fingerprint density at radius 3 is 1.90 bits per heavy atom. The van der Waals surface area contributed by atoms with Gasteiger partial charge in [-0.05, 0) is 30.9 Å². The van der Waals surface area contributed by atoms with E-state index in [0.717, 1.165) is 30.9 Å². The molecule has 0 bridgehead atoms. The average Bonchev–Trinajstić information content (AvgIpc) is 2.76. The molecule has 0 aliphatic heterocycles. The smallest absolute Gasteiger partial charge is 0.178 e. The van der Waals surface area contributed by atoms with Crippen molar-refractivity contribution in [2.24, 2.45) is 0 Å². The van der Waals surface area contributed by atoms with Crippen LogP contribution in [0.4, 0.5) is 0 Å². The van der Waals surface area contributed by atoms with Gasteiger partial charge >= 0.3 is 0 Å². The summed E-state index contributed by atoms with van der Waals surface area (Å²) >= 11 is 0. The molecule has 2 heterocycles. The Morgan fingerprint density at radius 2 is 1.28 bits per heavy atom. The summed E-state index contributed by atoms with van der Waals surface area (Å²) in [5.74, 6) is 1.39. The maximum Gasteiger partial charge on any atom is 0.178 e. The Labute approximate surface area is 177 Å². The minimum absolute atomic E-state index is 0.656. The summed E-state index contributed by atoms with van der Waals surface area (Å²) in [7, 11) is 0. The van der Waals surface area contributed by atoms with Crippen LogP contribution in [-0.2, 0) is 6.42 Å². The van der Waals surface area contributed by atoms with Gasteiger partial charge in [-0.3, -0.25) is 4.98 Å². The van der Waals surface area contributed by atoms with E-state index in [1.54, 1.807) is 12.4 Å². The van der Waals surface area contributed by atoms with Crippen molar-refractivity contribution < 1.29 is 4.74 Å². The Morgan fingerprint density at radius 1 is 0.655 bits per heavy atom. The molecule has 0 fully saturated rings. The summed E-state index contributed by atoms with van der Waals surface area (Å²) in [4.78, 5) is 13.4. The largest absolute Gasteiger partial charge is 0.490 e. The molecule has 0 aliphatic rings. The van der Waals surface area contributed by atoms with E-state index >= 15 is 0 Å². The van der Waals surface area contributed by atoms with E-state index < -0.39 is 0 Å². The lowest BCUT2D eigenvalue weighted by molar-refractivity contribution is 0.302. The molecule has 0 unspecified atom stereocenters. The predicted molar refractivity (Wildman–Crippen MR) is 121 cm³/mol. The van der Waals surface area contributed by atoms with Gasteiger partial charge in [0.15, 0.2) is 11.6 Å². The van der Waals surface area contributed by atoms with Crippen LogP contribution >= 0.6 is 0 Å². The fourth-order valence-electron chi connectivity index (χ4n) is 3.41. The zero-order chi connectivity index (χ0) is 20.6. The minimum atomic E-state index is 0.656. The number of unbranched alkanes of at least 4 members (excludes halogenated alkanes) is 10. The van der Waals surface area contributed by atoms with Gasteiger partial charge in [-0.1, -0.05) is 84.1 Å². The van der Waals surface area contributed by atoms with E-state index in [-0.39, 0.29) is 0 Å². The molecule has 0 spiro atoms. The fraction of sp³-hybridized carbons (Fsp3) is 0.640. The van der Waals surface area contributed by atoms with Gasteiger partial charge in [0.1, 0.15) is 5.69 Å². The van der Waals surface area contributed by atoms with Crippen LogP contribution in [0.5, 0.6) is 5.75 Å². The highest BCUT2D eigenvalue weighted by molar-refractivity contribution is 5.49. The molecule has 0 amide bonds. The van der Waals surface area contributed by atoms with E-state index in [9.17, 15) is 0 Å². The van der Waals surface area contributed by atoms with Crippen LogP contribution in [0.15, 0.2) is 30.7 Å². The highest BCUT2D eigenvalue weighted by atomic mass is 16.5. The zero-order valence-corrected chi connectivity index (χ0v) is 18.5. The van der Waals surface area contributed by atoms with Crippen molar-refractivity contribution in [2.45, 2.75) is 97.3 Å². The van der Waals surface area contributed by atoms with Crippen LogP contribution in [0, 0.1) is 0 Å². The fourth-order valence-corrected chi connectivity index (χ4v) is 3.41. The zero-order valence-electron chi connectivity index (χ0n) is 18.5. The molecule has 0 saturated heterocycles. The minimum Gasteiger partial charge on any atom is -0.490 e. The Kier molecular flexibility index (Phi) is 12.0. The molecular weight excluding hydrogens is 358 g/mol. The number of pyridine rings is 1. The van der Waals surface area contributed by atoms with E-state index in [1.165, 1.54) is 76.2 Å². The van der Waals surface area contributed by atoms with E-state index in [2.05, 4.69) is 34.9 Å². The number of aryl methyl sites for hydroxylation is 1. The van der Waals surface area contributed by atoms with Crippen molar-refractivity contribution in [3.63, 3.8) is 0 Å². The van der Waals surface area contributed by atoms with E-state index in [4.69, 9.17) is 4.74 Å².